The Morgan fingerprint density at radius 2 is 1.47 bits per heavy atom. The Hall–Kier alpha value is 0.220. The van der Waals surface area contributed by atoms with Gasteiger partial charge in [0.15, 0.2) is 0 Å². The van der Waals surface area contributed by atoms with Crippen LogP contribution in [0.4, 0.5) is 0 Å². The first kappa shape index (κ1) is 19.2. The lowest BCUT2D eigenvalue weighted by molar-refractivity contribution is -0.0209. The molecule has 0 atom stereocenters. The summed E-state index contributed by atoms with van der Waals surface area (Å²) in [6.45, 7) is 6.06. The lowest BCUT2D eigenvalue weighted by Crippen LogP contribution is -2.34. The Morgan fingerprint density at radius 1 is 1.05 bits per heavy atom. The van der Waals surface area contributed by atoms with E-state index < -0.39 is 33.4 Å². The summed E-state index contributed by atoms with van der Waals surface area (Å²) in [6, 6.07) is 0. The van der Waals surface area contributed by atoms with Crippen LogP contribution < -0.4 is 0 Å². The molecule has 0 unspecified atom stereocenters. The standard InChI is InChI=1S/C9H23NO7P2/c1-4-17-9(2,3)5-6-10(7-18(11,12)13)8-19(14,15)16/h4-8H2,1-3H3,(H2,11,12,13)(H2,14,15,16). The Labute approximate surface area is 113 Å². The van der Waals surface area contributed by atoms with Crippen molar-refractivity contribution in [2.24, 2.45) is 0 Å². The molecular weight excluding hydrogens is 296 g/mol. The number of rotatable bonds is 9. The van der Waals surface area contributed by atoms with Crippen molar-refractivity contribution in [3.05, 3.63) is 0 Å². The van der Waals surface area contributed by atoms with Gasteiger partial charge in [-0.15, -0.1) is 0 Å². The lowest BCUT2D eigenvalue weighted by atomic mass is 10.1. The van der Waals surface area contributed by atoms with Gasteiger partial charge in [-0.2, -0.15) is 0 Å². The number of ether oxygens (including phenoxy) is 1. The SMILES string of the molecule is CCOC(C)(C)CCN(CP(=O)(O)O)CP(=O)(O)O. The van der Waals surface area contributed by atoms with Gasteiger partial charge in [0.05, 0.1) is 5.60 Å². The lowest BCUT2D eigenvalue weighted by Gasteiger charge is -2.29. The maximum atomic E-state index is 10.9. The third-order valence-electron chi connectivity index (χ3n) is 2.33. The second kappa shape index (κ2) is 7.29. The van der Waals surface area contributed by atoms with Gasteiger partial charge >= 0.3 is 15.2 Å². The number of hydrogen-bond acceptors (Lipinski definition) is 4. The first-order valence-electron chi connectivity index (χ1n) is 5.80. The smallest absolute Gasteiger partial charge is 0.339 e. The minimum atomic E-state index is -4.36. The van der Waals surface area contributed by atoms with Gasteiger partial charge in [0.1, 0.15) is 12.6 Å². The van der Waals surface area contributed by atoms with Crippen LogP contribution >= 0.6 is 15.2 Å². The van der Waals surface area contributed by atoms with E-state index in [1.165, 1.54) is 0 Å². The van der Waals surface area contributed by atoms with Crippen LogP contribution in [0.5, 0.6) is 0 Å². The summed E-state index contributed by atoms with van der Waals surface area (Å²) in [4.78, 5) is 36.7. The van der Waals surface area contributed by atoms with E-state index in [1.54, 1.807) is 0 Å². The zero-order valence-corrected chi connectivity index (χ0v) is 13.2. The summed E-state index contributed by atoms with van der Waals surface area (Å²) >= 11 is 0. The summed E-state index contributed by atoms with van der Waals surface area (Å²) in [5.41, 5.74) is -0.517. The Bertz CT molecular complexity index is 338. The molecular formula is C9H23NO7P2. The van der Waals surface area contributed by atoms with Crippen molar-refractivity contribution >= 4 is 15.2 Å². The van der Waals surface area contributed by atoms with Crippen molar-refractivity contribution in [1.82, 2.24) is 4.90 Å². The van der Waals surface area contributed by atoms with Crippen LogP contribution in [0.3, 0.4) is 0 Å². The zero-order valence-electron chi connectivity index (χ0n) is 11.4. The average molecular weight is 319 g/mol. The van der Waals surface area contributed by atoms with Gasteiger partial charge in [-0.05, 0) is 27.2 Å². The van der Waals surface area contributed by atoms with Gasteiger partial charge < -0.3 is 24.3 Å². The van der Waals surface area contributed by atoms with Gasteiger partial charge in [-0.3, -0.25) is 14.0 Å². The number of hydrogen-bond donors (Lipinski definition) is 4. The third kappa shape index (κ3) is 11.7. The van der Waals surface area contributed by atoms with Crippen LogP contribution in [0, 0.1) is 0 Å². The molecule has 19 heavy (non-hydrogen) atoms. The van der Waals surface area contributed by atoms with Crippen molar-refractivity contribution in [1.29, 1.82) is 0 Å². The molecule has 0 saturated carbocycles. The molecule has 0 aromatic heterocycles. The quantitative estimate of drug-likeness (QED) is 0.459. The first-order chi connectivity index (χ1) is 8.35. The fourth-order valence-electron chi connectivity index (χ4n) is 1.60. The van der Waals surface area contributed by atoms with E-state index >= 15 is 0 Å². The molecule has 0 heterocycles. The molecule has 0 aromatic carbocycles. The van der Waals surface area contributed by atoms with E-state index in [-0.39, 0.29) is 6.54 Å². The van der Waals surface area contributed by atoms with Crippen LogP contribution in [-0.2, 0) is 13.9 Å². The molecule has 0 rings (SSSR count). The Kier molecular flexibility index (Phi) is 7.38. The van der Waals surface area contributed by atoms with Gasteiger partial charge in [-0.1, -0.05) is 0 Å². The molecule has 10 heteroatoms. The molecule has 0 amide bonds. The molecule has 0 aliphatic rings. The van der Waals surface area contributed by atoms with Gasteiger partial charge in [0.2, 0.25) is 0 Å². The molecule has 0 saturated heterocycles. The average Bonchev–Trinajstić information content (AvgIpc) is 2.09. The van der Waals surface area contributed by atoms with E-state index in [2.05, 4.69) is 0 Å². The highest BCUT2D eigenvalue weighted by molar-refractivity contribution is 7.52. The maximum Gasteiger partial charge on any atom is 0.339 e. The van der Waals surface area contributed by atoms with Crippen LogP contribution in [0.25, 0.3) is 0 Å². The van der Waals surface area contributed by atoms with Crippen molar-refractivity contribution in [3.8, 4) is 0 Å². The molecule has 116 valence electrons. The summed E-state index contributed by atoms with van der Waals surface area (Å²) < 4.78 is 27.3. The largest absolute Gasteiger partial charge is 0.376 e. The van der Waals surface area contributed by atoms with Crippen molar-refractivity contribution in [3.63, 3.8) is 0 Å². The Morgan fingerprint density at radius 3 is 1.79 bits per heavy atom. The Balaban J connectivity index is 4.60. The minimum Gasteiger partial charge on any atom is -0.376 e. The summed E-state index contributed by atoms with van der Waals surface area (Å²) in [5.74, 6) is 0. The van der Waals surface area contributed by atoms with Crippen LogP contribution in [0.2, 0.25) is 0 Å². The highest BCUT2D eigenvalue weighted by atomic mass is 31.2. The van der Waals surface area contributed by atoms with Gasteiger partial charge in [0, 0.05) is 13.2 Å². The van der Waals surface area contributed by atoms with E-state index in [9.17, 15) is 9.13 Å². The molecule has 0 bridgehead atoms. The van der Waals surface area contributed by atoms with Crippen LogP contribution in [-0.4, -0.2) is 55.8 Å². The van der Waals surface area contributed by atoms with E-state index in [1.807, 2.05) is 20.8 Å². The summed E-state index contributed by atoms with van der Waals surface area (Å²) in [6.07, 6.45) is -0.957. The van der Waals surface area contributed by atoms with E-state index in [4.69, 9.17) is 24.3 Å². The van der Waals surface area contributed by atoms with Crippen molar-refractivity contribution in [2.45, 2.75) is 32.8 Å². The molecule has 0 aliphatic heterocycles. The second-order valence-corrected chi connectivity index (χ2v) is 8.17. The normalized spacial score (nSPS) is 14.1. The monoisotopic (exact) mass is 319 g/mol. The molecule has 4 N–H and O–H groups in total. The highest BCUT2D eigenvalue weighted by Gasteiger charge is 2.27. The first-order valence-corrected chi connectivity index (χ1v) is 9.39. The maximum absolute atomic E-state index is 10.9. The molecule has 8 nitrogen and oxygen atoms in total. The van der Waals surface area contributed by atoms with E-state index in [0.29, 0.717) is 13.0 Å². The van der Waals surface area contributed by atoms with Crippen LogP contribution in [0.15, 0.2) is 0 Å². The van der Waals surface area contributed by atoms with Crippen molar-refractivity contribution < 1.29 is 33.4 Å². The molecule has 0 aromatic rings. The van der Waals surface area contributed by atoms with Crippen LogP contribution in [0.1, 0.15) is 27.2 Å². The molecule has 0 spiro atoms. The molecule has 0 aliphatic carbocycles. The molecule has 0 fully saturated rings. The molecule has 0 radical (unpaired) electrons. The second-order valence-electron chi connectivity index (χ2n) is 4.95. The zero-order chi connectivity index (χ0) is 15.3. The predicted octanol–water partition coefficient (Wildman–Crippen LogP) is 0.764. The summed E-state index contributed by atoms with van der Waals surface area (Å²) in [5, 5.41) is 0. The van der Waals surface area contributed by atoms with Gasteiger partial charge in [0.25, 0.3) is 0 Å². The minimum absolute atomic E-state index is 0.128. The summed E-state index contributed by atoms with van der Waals surface area (Å²) in [7, 11) is -8.73. The van der Waals surface area contributed by atoms with Gasteiger partial charge in [-0.25, -0.2) is 0 Å². The predicted molar refractivity (Wildman–Crippen MR) is 70.9 cm³/mol. The third-order valence-corrected chi connectivity index (χ3v) is 3.87. The fourth-order valence-corrected chi connectivity index (χ4v) is 3.28. The van der Waals surface area contributed by atoms with Crippen molar-refractivity contribution in [2.75, 3.05) is 25.7 Å². The number of nitrogens with zero attached hydrogens (tertiary/aromatic N) is 1. The van der Waals surface area contributed by atoms with E-state index in [0.717, 1.165) is 4.90 Å². The topological polar surface area (TPSA) is 128 Å². The highest BCUT2D eigenvalue weighted by Crippen LogP contribution is 2.41. The fraction of sp³-hybridized carbons (Fsp3) is 1.00.